The maximum Gasteiger partial charge on any atom is 0.222 e. The number of hydrogen-bond acceptors (Lipinski definition) is 4. The Hall–Kier alpha value is -1.71. The molecule has 8 heteroatoms. The fraction of sp³-hybridized carbons (Fsp3) is 0.619. The highest BCUT2D eigenvalue weighted by atomic mass is 127. The van der Waals surface area contributed by atoms with Crippen LogP contribution in [0, 0.1) is 0 Å². The number of nitrogens with zero attached hydrogens (tertiary/aromatic N) is 2. The van der Waals surface area contributed by atoms with Gasteiger partial charge in [-0.15, -0.1) is 24.0 Å². The second kappa shape index (κ2) is 14.3. The summed E-state index contributed by atoms with van der Waals surface area (Å²) in [4.78, 5) is 18.6. The molecular weight excluding hydrogens is 483 g/mol. The summed E-state index contributed by atoms with van der Waals surface area (Å²) in [6, 6.07) is 7.83. The lowest BCUT2D eigenvalue weighted by Gasteiger charge is -2.26. The molecule has 0 radical (unpaired) electrons. The molecule has 7 nitrogen and oxygen atoms in total. The molecule has 1 fully saturated rings. The first-order valence-electron chi connectivity index (χ1n) is 10.3. The lowest BCUT2D eigenvalue weighted by atomic mass is 10.1. The molecule has 2 N–H and O–H groups in total. The summed E-state index contributed by atoms with van der Waals surface area (Å²) in [7, 11) is 1.65. The van der Waals surface area contributed by atoms with Gasteiger partial charge in [0.15, 0.2) is 5.96 Å². The number of guanidine groups is 1. The van der Waals surface area contributed by atoms with Gasteiger partial charge in [-0.25, -0.2) is 0 Å². The highest BCUT2D eigenvalue weighted by molar-refractivity contribution is 14.0. The predicted molar refractivity (Wildman–Crippen MR) is 128 cm³/mol. The van der Waals surface area contributed by atoms with Crippen LogP contribution in [-0.4, -0.2) is 62.7 Å². The first-order valence-corrected chi connectivity index (χ1v) is 10.3. The van der Waals surface area contributed by atoms with Gasteiger partial charge in [-0.1, -0.05) is 6.92 Å². The Morgan fingerprint density at radius 1 is 1.21 bits per heavy atom. The van der Waals surface area contributed by atoms with Gasteiger partial charge >= 0.3 is 0 Å². The molecule has 2 rings (SSSR count). The summed E-state index contributed by atoms with van der Waals surface area (Å²) in [5.41, 5.74) is 0. The summed E-state index contributed by atoms with van der Waals surface area (Å²) in [5.74, 6) is 2.69. The summed E-state index contributed by atoms with van der Waals surface area (Å²) in [6.07, 6.45) is 3.54. The summed E-state index contributed by atoms with van der Waals surface area (Å²) in [6.45, 7) is 7.76. The van der Waals surface area contributed by atoms with Crippen LogP contribution >= 0.6 is 24.0 Å². The molecule has 29 heavy (non-hydrogen) atoms. The SMILES string of the molecule is CCNC(=NCCC(CC)N1CCCC1=O)NCCOc1ccc(OC)cc1.I. The lowest BCUT2D eigenvalue weighted by molar-refractivity contribution is -0.129. The van der Waals surface area contributed by atoms with E-state index in [1.165, 1.54) is 0 Å². The van der Waals surface area contributed by atoms with Crippen LogP contribution in [0.2, 0.25) is 0 Å². The third-order valence-electron chi connectivity index (χ3n) is 4.82. The zero-order chi connectivity index (χ0) is 20.2. The number of amides is 1. The molecule has 1 atom stereocenters. The number of rotatable bonds is 11. The number of hydrogen-bond donors (Lipinski definition) is 2. The van der Waals surface area contributed by atoms with E-state index < -0.39 is 0 Å². The van der Waals surface area contributed by atoms with Crippen molar-refractivity contribution in [3.8, 4) is 11.5 Å². The van der Waals surface area contributed by atoms with Crippen LogP contribution in [0.3, 0.4) is 0 Å². The van der Waals surface area contributed by atoms with E-state index in [0.717, 1.165) is 49.8 Å². The van der Waals surface area contributed by atoms with Gasteiger partial charge in [0.2, 0.25) is 5.91 Å². The number of benzene rings is 1. The topological polar surface area (TPSA) is 75.2 Å². The van der Waals surface area contributed by atoms with Crippen molar-refractivity contribution >= 4 is 35.8 Å². The number of ether oxygens (including phenoxy) is 2. The minimum atomic E-state index is 0. The van der Waals surface area contributed by atoms with Crippen molar-refractivity contribution in [2.45, 2.75) is 45.6 Å². The van der Waals surface area contributed by atoms with Gasteiger partial charge in [0.05, 0.1) is 13.7 Å². The van der Waals surface area contributed by atoms with Crippen LogP contribution in [0.1, 0.15) is 39.5 Å². The molecular formula is C21H35IN4O3. The van der Waals surface area contributed by atoms with Gasteiger partial charge in [0, 0.05) is 32.1 Å². The van der Waals surface area contributed by atoms with E-state index in [9.17, 15) is 4.79 Å². The number of aliphatic imine (C=N–C) groups is 1. The molecule has 0 aromatic heterocycles. The molecule has 1 unspecified atom stereocenters. The average Bonchev–Trinajstić information content (AvgIpc) is 3.14. The van der Waals surface area contributed by atoms with Crippen molar-refractivity contribution in [1.82, 2.24) is 15.5 Å². The van der Waals surface area contributed by atoms with Crippen molar-refractivity contribution in [2.24, 2.45) is 4.99 Å². The van der Waals surface area contributed by atoms with Crippen LogP contribution in [-0.2, 0) is 4.79 Å². The second-order valence-corrected chi connectivity index (χ2v) is 6.75. The molecule has 164 valence electrons. The smallest absolute Gasteiger partial charge is 0.222 e. The molecule has 1 saturated heterocycles. The van der Waals surface area contributed by atoms with Crippen molar-refractivity contribution in [3.05, 3.63) is 24.3 Å². The molecule has 1 amide bonds. The predicted octanol–water partition coefficient (Wildman–Crippen LogP) is 3.04. The molecule has 1 aliphatic heterocycles. The van der Waals surface area contributed by atoms with Crippen LogP contribution in [0.25, 0.3) is 0 Å². The zero-order valence-corrected chi connectivity index (χ0v) is 20.1. The zero-order valence-electron chi connectivity index (χ0n) is 17.8. The van der Waals surface area contributed by atoms with Crippen molar-refractivity contribution in [3.63, 3.8) is 0 Å². The standard InChI is InChI=1S/C21H34N4O3.HI/c1-4-17(25-15-6-7-20(25)26)12-13-23-21(22-5-2)24-14-16-28-19-10-8-18(27-3)9-11-19;/h8-11,17H,4-7,12-16H2,1-3H3,(H2,22,23,24);1H. The summed E-state index contributed by atoms with van der Waals surface area (Å²) >= 11 is 0. The molecule has 0 spiro atoms. The first-order chi connectivity index (χ1) is 13.7. The second-order valence-electron chi connectivity index (χ2n) is 6.75. The Morgan fingerprint density at radius 3 is 2.52 bits per heavy atom. The summed E-state index contributed by atoms with van der Waals surface area (Å²) < 4.78 is 10.9. The number of halogens is 1. The lowest BCUT2D eigenvalue weighted by Crippen LogP contribution is -2.40. The molecule has 1 aromatic rings. The van der Waals surface area contributed by atoms with Gasteiger partial charge in [0.1, 0.15) is 18.1 Å². The van der Waals surface area contributed by atoms with Crippen LogP contribution < -0.4 is 20.1 Å². The molecule has 1 aliphatic rings. The Balaban J connectivity index is 0.00000420. The molecule has 0 saturated carbocycles. The van der Waals surface area contributed by atoms with E-state index in [2.05, 4.69) is 22.5 Å². The highest BCUT2D eigenvalue weighted by Gasteiger charge is 2.26. The maximum atomic E-state index is 11.9. The Labute approximate surface area is 191 Å². The van der Waals surface area contributed by atoms with Gasteiger partial charge < -0.3 is 25.0 Å². The average molecular weight is 518 g/mol. The number of carbonyl (C=O) groups excluding carboxylic acids is 1. The van der Waals surface area contributed by atoms with Gasteiger partial charge in [-0.2, -0.15) is 0 Å². The quantitative estimate of drug-likeness (QED) is 0.204. The van der Waals surface area contributed by atoms with E-state index in [1.807, 2.05) is 36.1 Å². The monoisotopic (exact) mass is 518 g/mol. The number of nitrogens with one attached hydrogen (secondary N) is 2. The van der Waals surface area contributed by atoms with Crippen molar-refractivity contribution in [1.29, 1.82) is 0 Å². The van der Waals surface area contributed by atoms with E-state index in [1.54, 1.807) is 7.11 Å². The van der Waals surface area contributed by atoms with Crippen molar-refractivity contribution < 1.29 is 14.3 Å². The Bertz CT molecular complexity index is 625. The normalized spacial score (nSPS) is 14.9. The summed E-state index contributed by atoms with van der Waals surface area (Å²) in [5, 5.41) is 6.54. The largest absolute Gasteiger partial charge is 0.497 e. The van der Waals surface area contributed by atoms with Gasteiger partial charge in [-0.05, 0) is 50.5 Å². The molecule has 1 aromatic carbocycles. The molecule has 0 aliphatic carbocycles. The van der Waals surface area contributed by atoms with Crippen LogP contribution in [0.15, 0.2) is 29.3 Å². The maximum absolute atomic E-state index is 11.9. The van der Waals surface area contributed by atoms with Crippen LogP contribution in [0.5, 0.6) is 11.5 Å². The van der Waals surface area contributed by atoms with Crippen LogP contribution in [0.4, 0.5) is 0 Å². The third kappa shape index (κ3) is 8.67. The van der Waals surface area contributed by atoms with Gasteiger partial charge in [-0.3, -0.25) is 9.79 Å². The minimum Gasteiger partial charge on any atom is -0.497 e. The Kier molecular flexibility index (Phi) is 12.5. The van der Waals surface area contributed by atoms with E-state index >= 15 is 0 Å². The number of carbonyl (C=O) groups is 1. The highest BCUT2D eigenvalue weighted by Crippen LogP contribution is 2.18. The Morgan fingerprint density at radius 2 is 1.93 bits per heavy atom. The van der Waals surface area contributed by atoms with E-state index in [4.69, 9.17) is 9.47 Å². The van der Waals surface area contributed by atoms with Gasteiger partial charge in [0.25, 0.3) is 0 Å². The minimum absolute atomic E-state index is 0. The first kappa shape index (κ1) is 25.3. The number of likely N-dealkylation sites (tertiary alicyclic amines) is 1. The number of methoxy groups -OCH3 is 1. The fourth-order valence-electron chi connectivity index (χ4n) is 3.31. The molecule has 1 heterocycles. The third-order valence-corrected chi connectivity index (χ3v) is 4.82. The fourth-order valence-corrected chi connectivity index (χ4v) is 3.31. The molecule has 0 bridgehead atoms. The van der Waals surface area contributed by atoms with E-state index in [0.29, 0.717) is 32.2 Å². The van der Waals surface area contributed by atoms with E-state index in [-0.39, 0.29) is 29.9 Å². The van der Waals surface area contributed by atoms with Crippen molar-refractivity contribution in [2.75, 3.05) is 39.9 Å².